The molecule has 0 fully saturated rings. The van der Waals surface area contributed by atoms with E-state index in [2.05, 4.69) is 228 Å². The SMILES string of the molecule is c1ccc(-c2ccc(-n3c4ccccc4c4c5c6ccccc6n(-c6cccc([Si]7(c8ccccc8)c8ccccc8-c8ccccc87)c6)c5ccc43)cc2)cc1. The van der Waals surface area contributed by atoms with Crippen molar-refractivity contribution in [3.63, 3.8) is 0 Å². The van der Waals surface area contributed by atoms with E-state index in [-0.39, 0.29) is 0 Å². The van der Waals surface area contributed by atoms with Crippen LogP contribution in [0.3, 0.4) is 0 Å². The van der Waals surface area contributed by atoms with Crippen molar-refractivity contribution in [2.45, 2.75) is 0 Å². The van der Waals surface area contributed by atoms with E-state index in [0.717, 1.165) is 5.69 Å². The average molecular weight is 741 g/mol. The molecule has 57 heavy (non-hydrogen) atoms. The number of fused-ring (bicyclic) bond motifs is 10. The van der Waals surface area contributed by atoms with Gasteiger partial charge in [-0.1, -0.05) is 170 Å². The highest BCUT2D eigenvalue weighted by atomic mass is 28.3. The third-order valence-electron chi connectivity index (χ3n) is 12.4. The van der Waals surface area contributed by atoms with Gasteiger partial charge in [0.2, 0.25) is 0 Å². The number of aromatic nitrogens is 2. The Labute approximate surface area is 332 Å². The van der Waals surface area contributed by atoms with Crippen molar-refractivity contribution in [1.82, 2.24) is 9.13 Å². The normalized spacial score (nSPS) is 13.1. The Hall–Kier alpha value is -7.20. The number of benzene rings is 9. The summed E-state index contributed by atoms with van der Waals surface area (Å²) in [4.78, 5) is 0. The van der Waals surface area contributed by atoms with Gasteiger partial charge in [0.1, 0.15) is 0 Å². The summed E-state index contributed by atoms with van der Waals surface area (Å²) in [6.07, 6.45) is 0. The molecule has 2 aromatic heterocycles. The van der Waals surface area contributed by atoms with E-state index in [9.17, 15) is 0 Å². The number of nitrogens with zero attached hydrogens (tertiary/aromatic N) is 2. The van der Waals surface area contributed by atoms with E-state index in [1.165, 1.54) is 92.3 Å². The van der Waals surface area contributed by atoms with Gasteiger partial charge in [-0.25, -0.2) is 0 Å². The van der Waals surface area contributed by atoms with Crippen LogP contribution < -0.4 is 20.7 Å². The third-order valence-corrected chi connectivity index (χ3v) is 17.3. The predicted molar refractivity (Wildman–Crippen MR) is 243 cm³/mol. The quantitative estimate of drug-likeness (QED) is 0.156. The second-order valence-corrected chi connectivity index (χ2v) is 19.0. The van der Waals surface area contributed by atoms with Crippen molar-refractivity contribution < 1.29 is 0 Å². The molecule has 12 rings (SSSR count). The first-order valence-corrected chi connectivity index (χ1v) is 21.8. The topological polar surface area (TPSA) is 9.86 Å². The lowest BCUT2D eigenvalue weighted by atomic mass is 10.1. The summed E-state index contributed by atoms with van der Waals surface area (Å²) >= 11 is 0. The van der Waals surface area contributed by atoms with Gasteiger partial charge in [-0.15, -0.1) is 0 Å². The van der Waals surface area contributed by atoms with E-state index < -0.39 is 8.07 Å². The van der Waals surface area contributed by atoms with Crippen molar-refractivity contribution in [3.05, 3.63) is 218 Å². The van der Waals surface area contributed by atoms with E-state index in [0.29, 0.717) is 0 Å². The average Bonchev–Trinajstić information content (AvgIpc) is 3.91. The van der Waals surface area contributed by atoms with Crippen molar-refractivity contribution in [2.75, 3.05) is 0 Å². The number of hydrogen-bond acceptors (Lipinski definition) is 0. The zero-order valence-electron chi connectivity index (χ0n) is 31.2. The summed E-state index contributed by atoms with van der Waals surface area (Å²) in [7, 11) is -2.66. The lowest BCUT2D eigenvalue weighted by Crippen LogP contribution is -2.72. The molecule has 9 aromatic carbocycles. The molecule has 0 saturated heterocycles. The van der Waals surface area contributed by atoms with Crippen LogP contribution in [0.4, 0.5) is 0 Å². The molecule has 1 aliphatic heterocycles. The minimum atomic E-state index is -2.66. The minimum Gasteiger partial charge on any atom is -0.309 e. The Morgan fingerprint density at radius 3 is 1.39 bits per heavy atom. The fraction of sp³-hybridized carbons (Fsp3) is 0. The molecule has 3 heteroatoms. The van der Waals surface area contributed by atoms with Crippen molar-refractivity contribution in [3.8, 4) is 33.6 Å². The highest BCUT2D eigenvalue weighted by Crippen LogP contribution is 2.42. The largest absolute Gasteiger partial charge is 0.309 e. The monoisotopic (exact) mass is 740 g/mol. The van der Waals surface area contributed by atoms with E-state index >= 15 is 0 Å². The van der Waals surface area contributed by atoms with Crippen molar-refractivity contribution in [1.29, 1.82) is 0 Å². The summed E-state index contributed by atoms with van der Waals surface area (Å²) in [5.74, 6) is 0. The lowest BCUT2D eigenvalue weighted by Gasteiger charge is -2.31. The molecule has 0 aliphatic carbocycles. The Morgan fingerprint density at radius 2 is 0.772 bits per heavy atom. The second-order valence-electron chi connectivity index (χ2n) is 15.2. The molecule has 2 nitrogen and oxygen atoms in total. The highest BCUT2D eigenvalue weighted by molar-refractivity contribution is 7.22. The van der Waals surface area contributed by atoms with Gasteiger partial charge in [0.15, 0.2) is 8.07 Å². The van der Waals surface area contributed by atoms with Crippen LogP contribution in [0, 0.1) is 0 Å². The maximum atomic E-state index is 2.51. The standard InChI is InChI=1S/C54H36N2Si/c1-3-16-37(17-4-1)38-30-32-39(33-31-38)55-47-26-11-7-24-45(47)53-49(55)34-35-50-54(53)46-25-8-12-27-48(46)56(50)40-18-15-21-42(36-40)57(41-19-5-2-6-20-41)51-28-13-9-22-43(51)44-23-10-14-29-52(44)57/h1-36H. The van der Waals surface area contributed by atoms with Gasteiger partial charge in [-0.3, -0.25) is 0 Å². The highest BCUT2D eigenvalue weighted by Gasteiger charge is 2.48. The molecule has 0 saturated carbocycles. The van der Waals surface area contributed by atoms with E-state index in [4.69, 9.17) is 0 Å². The number of para-hydroxylation sites is 2. The first-order valence-electron chi connectivity index (χ1n) is 19.8. The zero-order chi connectivity index (χ0) is 37.5. The first kappa shape index (κ1) is 32.1. The Morgan fingerprint density at radius 1 is 0.298 bits per heavy atom. The molecule has 0 unspecified atom stereocenters. The summed E-state index contributed by atoms with van der Waals surface area (Å²) in [6.45, 7) is 0. The molecule has 266 valence electrons. The maximum Gasteiger partial charge on any atom is 0.180 e. The van der Waals surface area contributed by atoms with E-state index in [1.807, 2.05) is 0 Å². The minimum absolute atomic E-state index is 1.16. The molecular weight excluding hydrogens is 705 g/mol. The summed E-state index contributed by atoms with van der Waals surface area (Å²) in [5, 5.41) is 10.8. The molecule has 1 aliphatic rings. The second kappa shape index (κ2) is 12.4. The van der Waals surface area contributed by atoms with Gasteiger partial charge in [0.25, 0.3) is 0 Å². The van der Waals surface area contributed by atoms with Crippen LogP contribution in [0.2, 0.25) is 0 Å². The molecular formula is C54H36N2Si. The first-order chi connectivity index (χ1) is 28.3. The van der Waals surface area contributed by atoms with Crippen LogP contribution in [0.15, 0.2) is 218 Å². The van der Waals surface area contributed by atoms with Crippen molar-refractivity contribution >= 4 is 72.4 Å². The molecule has 3 heterocycles. The van der Waals surface area contributed by atoms with Crippen LogP contribution in [-0.4, -0.2) is 17.2 Å². The number of hydrogen-bond donors (Lipinski definition) is 0. The summed E-state index contributed by atoms with van der Waals surface area (Å²) in [6, 6.07) is 81.2. The number of rotatable bonds is 5. The van der Waals surface area contributed by atoms with E-state index in [1.54, 1.807) is 0 Å². The molecule has 0 spiro atoms. The lowest BCUT2D eigenvalue weighted by molar-refractivity contribution is 1.17. The van der Waals surface area contributed by atoms with Crippen LogP contribution in [0.25, 0.3) is 77.2 Å². The van der Waals surface area contributed by atoms with Gasteiger partial charge in [0, 0.05) is 32.9 Å². The van der Waals surface area contributed by atoms with Crippen LogP contribution in [0.1, 0.15) is 0 Å². The Balaban J connectivity index is 1.12. The smallest absolute Gasteiger partial charge is 0.180 e. The van der Waals surface area contributed by atoms with Gasteiger partial charge in [-0.2, -0.15) is 0 Å². The van der Waals surface area contributed by atoms with Crippen LogP contribution in [0.5, 0.6) is 0 Å². The predicted octanol–water partition coefficient (Wildman–Crippen LogP) is 10.9. The maximum absolute atomic E-state index is 2.66. The van der Waals surface area contributed by atoms with Gasteiger partial charge in [-0.05, 0) is 91.5 Å². The van der Waals surface area contributed by atoms with Gasteiger partial charge in [0.05, 0.1) is 22.1 Å². The molecule has 0 bridgehead atoms. The van der Waals surface area contributed by atoms with Gasteiger partial charge >= 0.3 is 0 Å². The fourth-order valence-electron chi connectivity index (χ4n) is 10.1. The van der Waals surface area contributed by atoms with Crippen molar-refractivity contribution in [2.24, 2.45) is 0 Å². The van der Waals surface area contributed by atoms with Crippen LogP contribution >= 0.6 is 0 Å². The third kappa shape index (κ3) is 4.52. The zero-order valence-corrected chi connectivity index (χ0v) is 32.2. The molecule has 0 atom stereocenters. The summed E-state index contributed by atoms with van der Waals surface area (Å²) < 4.78 is 4.95. The Bertz CT molecular complexity index is 3290. The molecule has 0 amide bonds. The van der Waals surface area contributed by atoms with Crippen LogP contribution in [-0.2, 0) is 0 Å². The Kier molecular flexibility index (Phi) is 6.98. The molecule has 0 N–H and O–H groups in total. The molecule has 0 radical (unpaired) electrons. The molecule has 11 aromatic rings. The summed E-state index contributed by atoms with van der Waals surface area (Å²) in [5.41, 5.74) is 12.3. The van der Waals surface area contributed by atoms with Gasteiger partial charge < -0.3 is 9.13 Å². The fourth-order valence-corrected chi connectivity index (χ4v) is 15.3.